The number of carboxylic acids is 1. The van der Waals surface area contributed by atoms with E-state index < -0.39 is 22.8 Å². The van der Waals surface area contributed by atoms with Crippen LogP contribution in [0.2, 0.25) is 0 Å². The molecule has 2 aliphatic rings. The molecule has 0 saturated carbocycles. The summed E-state index contributed by atoms with van der Waals surface area (Å²) < 4.78 is 22.3. The van der Waals surface area contributed by atoms with Crippen LogP contribution >= 0.6 is 11.3 Å². The van der Waals surface area contributed by atoms with Crippen molar-refractivity contribution in [2.75, 3.05) is 18.0 Å². The molecule has 0 aromatic carbocycles. The van der Waals surface area contributed by atoms with Gasteiger partial charge in [0.1, 0.15) is 11.3 Å². The van der Waals surface area contributed by atoms with Crippen LogP contribution in [0.3, 0.4) is 0 Å². The maximum atomic E-state index is 15.0. The normalized spacial score (nSPS) is 20.7. The summed E-state index contributed by atoms with van der Waals surface area (Å²) in [6.45, 7) is 2.73. The smallest absolute Gasteiger partial charge is 0.341 e. The fourth-order valence-corrected chi connectivity index (χ4v) is 5.36. The molecule has 2 fully saturated rings. The van der Waals surface area contributed by atoms with E-state index in [9.17, 15) is 19.5 Å². The van der Waals surface area contributed by atoms with Gasteiger partial charge in [0.25, 0.3) is 0 Å². The minimum atomic E-state index is -1.41. The van der Waals surface area contributed by atoms with Gasteiger partial charge in [0.15, 0.2) is 22.4 Å². The quantitative estimate of drug-likeness (QED) is 0.525. The number of aromatic nitrogens is 3. The lowest BCUT2D eigenvalue weighted by molar-refractivity contribution is -0.125. The Morgan fingerprint density at radius 2 is 2.11 bits per heavy atom. The van der Waals surface area contributed by atoms with Crippen LogP contribution in [0.15, 0.2) is 28.6 Å². The highest BCUT2D eigenvalue weighted by Crippen LogP contribution is 2.30. The summed E-state index contributed by atoms with van der Waals surface area (Å²) in [6, 6.07) is 1.02. The van der Waals surface area contributed by atoms with Gasteiger partial charge in [-0.05, 0) is 38.7 Å². The number of carboxylic acid groups (broad SMARTS) is 1. The summed E-state index contributed by atoms with van der Waals surface area (Å²) >= 11 is 1.23. The Morgan fingerprint density at radius 3 is 2.80 bits per heavy atom. The SMILES string of the molecule is CC1CCCC(CCC(=O)C2CN(c3nc4c(cc3F)c(=O)c(C(=O)O)cn4-c3nccs3)C2)O1. The Kier molecular flexibility index (Phi) is 6.37. The third-order valence-corrected chi connectivity index (χ3v) is 7.45. The average molecular weight is 501 g/mol. The third-order valence-electron chi connectivity index (χ3n) is 6.68. The Labute approximate surface area is 204 Å². The molecule has 0 bridgehead atoms. The van der Waals surface area contributed by atoms with Crippen molar-refractivity contribution in [1.82, 2.24) is 14.5 Å². The summed E-state index contributed by atoms with van der Waals surface area (Å²) in [6.07, 6.45) is 7.35. The van der Waals surface area contributed by atoms with Gasteiger partial charge in [0, 0.05) is 37.3 Å². The number of ketones is 1. The molecule has 5 heterocycles. The van der Waals surface area contributed by atoms with E-state index in [1.165, 1.54) is 15.9 Å². The molecule has 35 heavy (non-hydrogen) atoms. The van der Waals surface area contributed by atoms with E-state index in [0.29, 0.717) is 31.1 Å². The van der Waals surface area contributed by atoms with Gasteiger partial charge in [-0.15, -0.1) is 11.3 Å². The molecule has 0 aliphatic carbocycles. The lowest BCUT2D eigenvalue weighted by Gasteiger charge is -2.39. The number of ether oxygens (including phenoxy) is 1. The first-order valence-corrected chi connectivity index (χ1v) is 12.5. The Balaban J connectivity index is 1.36. The first kappa shape index (κ1) is 23.6. The van der Waals surface area contributed by atoms with Crippen molar-refractivity contribution in [1.29, 1.82) is 0 Å². The number of anilines is 1. The molecule has 0 amide bonds. The van der Waals surface area contributed by atoms with E-state index in [-0.39, 0.29) is 40.8 Å². The van der Waals surface area contributed by atoms with Crippen LogP contribution in [0.25, 0.3) is 16.2 Å². The topological polar surface area (TPSA) is 115 Å². The highest BCUT2D eigenvalue weighted by molar-refractivity contribution is 7.12. The van der Waals surface area contributed by atoms with E-state index >= 15 is 4.39 Å². The number of halogens is 1. The second-order valence-corrected chi connectivity index (χ2v) is 10.0. The molecule has 0 spiro atoms. The lowest BCUT2D eigenvalue weighted by Crippen LogP contribution is -2.51. The molecular formula is C24H25FN4O5S. The number of aromatic carboxylic acids is 1. The van der Waals surface area contributed by atoms with Gasteiger partial charge in [0.05, 0.1) is 23.5 Å². The van der Waals surface area contributed by atoms with Crippen molar-refractivity contribution < 1.29 is 23.8 Å². The number of pyridine rings is 2. The largest absolute Gasteiger partial charge is 0.477 e. The molecule has 2 aliphatic heterocycles. The monoisotopic (exact) mass is 500 g/mol. The molecular weight excluding hydrogens is 475 g/mol. The Bertz CT molecular complexity index is 1340. The third kappa shape index (κ3) is 4.57. The van der Waals surface area contributed by atoms with Crippen molar-refractivity contribution in [2.24, 2.45) is 5.92 Å². The van der Waals surface area contributed by atoms with Crippen LogP contribution in [0.5, 0.6) is 0 Å². The van der Waals surface area contributed by atoms with E-state index in [1.807, 2.05) is 0 Å². The van der Waals surface area contributed by atoms with Crippen LogP contribution < -0.4 is 10.3 Å². The van der Waals surface area contributed by atoms with Crippen molar-refractivity contribution in [2.45, 2.75) is 51.2 Å². The molecule has 0 radical (unpaired) electrons. The minimum absolute atomic E-state index is 0.0266. The summed E-state index contributed by atoms with van der Waals surface area (Å²) in [5.41, 5.74) is -1.19. The first-order chi connectivity index (χ1) is 16.8. The molecule has 2 unspecified atom stereocenters. The highest BCUT2D eigenvalue weighted by atomic mass is 32.1. The predicted molar refractivity (Wildman–Crippen MR) is 128 cm³/mol. The molecule has 3 aromatic heterocycles. The Morgan fingerprint density at radius 1 is 1.31 bits per heavy atom. The molecule has 11 heteroatoms. The van der Waals surface area contributed by atoms with E-state index in [1.54, 1.807) is 16.5 Å². The summed E-state index contributed by atoms with van der Waals surface area (Å²) in [5.74, 6) is -2.19. The van der Waals surface area contributed by atoms with Crippen LogP contribution in [-0.4, -0.2) is 56.7 Å². The highest BCUT2D eigenvalue weighted by Gasteiger charge is 2.35. The summed E-state index contributed by atoms with van der Waals surface area (Å²) in [4.78, 5) is 47.2. The molecule has 2 saturated heterocycles. The van der Waals surface area contributed by atoms with Gasteiger partial charge in [-0.2, -0.15) is 0 Å². The summed E-state index contributed by atoms with van der Waals surface area (Å²) in [5, 5.41) is 11.4. The van der Waals surface area contributed by atoms with Crippen molar-refractivity contribution >= 4 is 39.9 Å². The van der Waals surface area contributed by atoms with Crippen LogP contribution in [0, 0.1) is 11.7 Å². The lowest BCUT2D eigenvalue weighted by atomic mass is 9.90. The number of nitrogens with zero attached hydrogens (tertiary/aromatic N) is 4. The van der Waals surface area contributed by atoms with E-state index in [0.717, 1.165) is 31.5 Å². The van der Waals surface area contributed by atoms with Gasteiger partial charge in [-0.1, -0.05) is 0 Å². The van der Waals surface area contributed by atoms with Crippen LogP contribution in [0.4, 0.5) is 10.2 Å². The van der Waals surface area contributed by atoms with Gasteiger partial charge >= 0.3 is 5.97 Å². The van der Waals surface area contributed by atoms with E-state index in [4.69, 9.17) is 4.74 Å². The number of carbonyl (C=O) groups is 2. The number of carbonyl (C=O) groups excluding carboxylic acids is 1. The molecule has 184 valence electrons. The van der Waals surface area contributed by atoms with Crippen LogP contribution in [0.1, 0.15) is 49.4 Å². The summed E-state index contributed by atoms with van der Waals surface area (Å²) in [7, 11) is 0. The fourth-order valence-electron chi connectivity index (χ4n) is 4.74. The van der Waals surface area contributed by atoms with Crippen LogP contribution in [-0.2, 0) is 9.53 Å². The van der Waals surface area contributed by atoms with Gasteiger partial charge < -0.3 is 14.7 Å². The number of rotatable bonds is 7. The number of thiazole rings is 1. The standard InChI is InChI=1S/C24H25FN4O5S/c1-13-3-2-4-15(34-13)5-6-19(30)14-10-28(11-14)22-18(25)9-16-20(31)17(23(32)33)12-29(21(16)27-22)24-26-7-8-35-24/h7-9,12-15H,2-6,10-11H2,1H3,(H,32,33). The van der Waals surface area contributed by atoms with E-state index in [2.05, 4.69) is 16.9 Å². The van der Waals surface area contributed by atoms with Gasteiger partial charge in [0.2, 0.25) is 5.43 Å². The number of hydrogen-bond acceptors (Lipinski definition) is 8. The number of Topliss-reactive ketones (excluding diaryl/α,β-unsaturated/α-hetero) is 1. The molecule has 2 atom stereocenters. The maximum Gasteiger partial charge on any atom is 0.341 e. The van der Waals surface area contributed by atoms with Crippen molar-refractivity contribution in [3.05, 3.63) is 45.4 Å². The number of fused-ring (bicyclic) bond motifs is 1. The van der Waals surface area contributed by atoms with Gasteiger partial charge in [-0.3, -0.25) is 14.2 Å². The zero-order valence-corrected chi connectivity index (χ0v) is 20.0. The van der Waals surface area contributed by atoms with Gasteiger partial charge in [-0.25, -0.2) is 19.2 Å². The number of hydrogen-bond donors (Lipinski definition) is 1. The van der Waals surface area contributed by atoms with Crippen molar-refractivity contribution in [3.63, 3.8) is 0 Å². The second kappa shape index (κ2) is 9.46. The maximum absolute atomic E-state index is 15.0. The molecule has 3 aromatic rings. The predicted octanol–water partition coefficient (Wildman–Crippen LogP) is 3.42. The first-order valence-electron chi connectivity index (χ1n) is 11.6. The second-order valence-electron chi connectivity index (χ2n) is 9.13. The minimum Gasteiger partial charge on any atom is -0.477 e. The molecule has 9 nitrogen and oxygen atoms in total. The molecule has 1 N–H and O–H groups in total. The Hall–Kier alpha value is -3.18. The zero-order valence-electron chi connectivity index (χ0n) is 19.1. The fraction of sp³-hybridized carbons (Fsp3) is 0.458. The van der Waals surface area contributed by atoms with Crippen molar-refractivity contribution in [3.8, 4) is 5.13 Å². The average Bonchev–Trinajstić information content (AvgIpc) is 3.32. The molecule has 5 rings (SSSR count). The zero-order chi connectivity index (χ0) is 24.7.